The molecule has 2 atom stereocenters. The van der Waals surface area contributed by atoms with Crippen LogP contribution < -0.4 is 4.74 Å². The molecule has 0 saturated carbocycles. The fourth-order valence-corrected chi connectivity index (χ4v) is 3.54. The van der Waals surface area contributed by atoms with E-state index >= 15 is 0 Å². The molecule has 1 aromatic carbocycles. The van der Waals surface area contributed by atoms with Crippen LogP contribution in [0.25, 0.3) is 0 Å². The number of ether oxygens (including phenoxy) is 2. The molecule has 1 aromatic rings. The van der Waals surface area contributed by atoms with Crippen molar-refractivity contribution >= 4 is 17.8 Å². The van der Waals surface area contributed by atoms with Gasteiger partial charge in [0.05, 0.1) is 32.2 Å². The lowest BCUT2D eigenvalue weighted by atomic mass is 10.1. The van der Waals surface area contributed by atoms with E-state index in [1.807, 2.05) is 24.3 Å². The van der Waals surface area contributed by atoms with Crippen LogP contribution in [0.5, 0.6) is 5.75 Å². The highest BCUT2D eigenvalue weighted by Gasteiger charge is 2.38. The molecule has 0 aliphatic carbocycles. The molecule has 3 rings (SSSR count). The molecule has 2 amide bonds. The largest absolute Gasteiger partial charge is 0.497 e. The summed E-state index contributed by atoms with van der Waals surface area (Å²) in [7, 11) is 1.60. The predicted molar refractivity (Wildman–Crippen MR) is 95.1 cm³/mol. The van der Waals surface area contributed by atoms with Gasteiger partial charge < -0.3 is 24.4 Å². The van der Waals surface area contributed by atoms with Crippen molar-refractivity contribution in [2.75, 3.05) is 33.4 Å². The van der Waals surface area contributed by atoms with E-state index in [0.717, 1.165) is 11.3 Å². The van der Waals surface area contributed by atoms with Crippen LogP contribution in [0.1, 0.15) is 18.4 Å². The lowest BCUT2D eigenvalue weighted by Gasteiger charge is -2.33. The summed E-state index contributed by atoms with van der Waals surface area (Å²) in [6.45, 7) is 1.84. The smallest absolute Gasteiger partial charge is 0.306 e. The van der Waals surface area contributed by atoms with Crippen LogP contribution >= 0.6 is 0 Å². The zero-order chi connectivity index (χ0) is 19.4. The van der Waals surface area contributed by atoms with Crippen molar-refractivity contribution < 1.29 is 29.0 Å². The lowest BCUT2D eigenvalue weighted by molar-refractivity contribution is -0.149. The molecule has 2 heterocycles. The summed E-state index contributed by atoms with van der Waals surface area (Å²) in [5.74, 6) is -0.725. The third kappa shape index (κ3) is 4.77. The van der Waals surface area contributed by atoms with Crippen molar-refractivity contribution in [1.82, 2.24) is 9.80 Å². The first-order valence-electron chi connectivity index (χ1n) is 8.99. The molecule has 0 radical (unpaired) electrons. The number of carbonyl (C=O) groups is 3. The van der Waals surface area contributed by atoms with Gasteiger partial charge in [0.25, 0.3) is 0 Å². The second-order valence-electron chi connectivity index (χ2n) is 6.90. The van der Waals surface area contributed by atoms with Gasteiger partial charge in [0.15, 0.2) is 0 Å². The molecule has 2 aliphatic heterocycles. The van der Waals surface area contributed by atoms with E-state index in [2.05, 4.69) is 0 Å². The highest BCUT2D eigenvalue weighted by atomic mass is 16.5. The Morgan fingerprint density at radius 1 is 1.26 bits per heavy atom. The van der Waals surface area contributed by atoms with Crippen LogP contribution in [0.15, 0.2) is 24.3 Å². The molecule has 0 unspecified atom stereocenters. The van der Waals surface area contributed by atoms with Gasteiger partial charge in [-0.05, 0) is 17.7 Å². The van der Waals surface area contributed by atoms with Crippen LogP contribution in [-0.2, 0) is 25.7 Å². The lowest BCUT2D eigenvalue weighted by Crippen LogP contribution is -2.48. The molecule has 2 aliphatic rings. The summed E-state index contributed by atoms with van der Waals surface area (Å²) in [4.78, 5) is 39.3. The van der Waals surface area contributed by atoms with Crippen molar-refractivity contribution in [2.24, 2.45) is 5.92 Å². The van der Waals surface area contributed by atoms with E-state index < -0.39 is 12.1 Å². The first-order chi connectivity index (χ1) is 13.0. The van der Waals surface area contributed by atoms with Crippen molar-refractivity contribution in [2.45, 2.75) is 25.5 Å². The topological polar surface area (TPSA) is 96.4 Å². The predicted octanol–water partition coefficient (Wildman–Crippen LogP) is 0.746. The summed E-state index contributed by atoms with van der Waals surface area (Å²) in [5, 5.41) is 8.90. The maximum Gasteiger partial charge on any atom is 0.306 e. The summed E-state index contributed by atoms with van der Waals surface area (Å²) in [6.07, 6.45) is -0.430. The SMILES string of the molecule is COc1ccc(CN2C[C@@H](C(=O)N3CCO[C@@H](CC(=O)O)C3)CC2=O)cc1. The molecular weight excluding hydrogens is 352 g/mol. The van der Waals surface area contributed by atoms with Gasteiger partial charge in [-0.3, -0.25) is 14.4 Å². The average molecular weight is 376 g/mol. The molecule has 2 saturated heterocycles. The number of hydrogen-bond donors (Lipinski definition) is 1. The first kappa shape index (κ1) is 19.2. The zero-order valence-corrected chi connectivity index (χ0v) is 15.3. The van der Waals surface area contributed by atoms with Gasteiger partial charge in [-0.2, -0.15) is 0 Å². The van der Waals surface area contributed by atoms with E-state index in [1.54, 1.807) is 16.9 Å². The van der Waals surface area contributed by atoms with E-state index in [1.165, 1.54) is 0 Å². The molecule has 0 spiro atoms. The summed E-state index contributed by atoms with van der Waals surface area (Å²) < 4.78 is 10.5. The Bertz CT molecular complexity index is 705. The van der Waals surface area contributed by atoms with Gasteiger partial charge in [-0.1, -0.05) is 12.1 Å². The number of methoxy groups -OCH3 is 1. The van der Waals surface area contributed by atoms with E-state index in [9.17, 15) is 14.4 Å². The maximum absolute atomic E-state index is 12.8. The molecule has 146 valence electrons. The van der Waals surface area contributed by atoms with Crippen molar-refractivity contribution in [3.8, 4) is 5.75 Å². The highest BCUT2D eigenvalue weighted by molar-refractivity contribution is 5.89. The second kappa shape index (κ2) is 8.39. The zero-order valence-electron chi connectivity index (χ0n) is 15.3. The molecule has 2 fully saturated rings. The number of carboxylic acids is 1. The summed E-state index contributed by atoms with van der Waals surface area (Å²) in [6, 6.07) is 7.49. The number of benzene rings is 1. The molecule has 8 heteroatoms. The number of rotatable bonds is 6. The Morgan fingerprint density at radius 3 is 2.67 bits per heavy atom. The Labute approximate surface area is 157 Å². The van der Waals surface area contributed by atoms with Crippen LogP contribution in [0.3, 0.4) is 0 Å². The van der Waals surface area contributed by atoms with Crippen LogP contribution in [0, 0.1) is 5.92 Å². The van der Waals surface area contributed by atoms with E-state index in [4.69, 9.17) is 14.6 Å². The Hall–Kier alpha value is -2.61. The molecule has 8 nitrogen and oxygen atoms in total. The van der Waals surface area contributed by atoms with Crippen molar-refractivity contribution in [3.63, 3.8) is 0 Å². The Morgan fingerprint density at radius 2 is 2.00 bits per heavy atom. The van der Waals surface area contributed by atoms with Gasteiger partial charge in [0, 0.05) is 32.6 Å². The number of carboxylic acid groups (broad SMARTS) is 1. The van der Waals surface area contributed by atoms with E-state index in [-0.39, 0.29) is 37.1 Å². The molecule has 27 heavy (non-hydrogen) atoms. The quantitative estimate of drug-likeness (QED) is 0.787. The van der Waals surface area contributed by atoms with Crippen molar-refractivity contribution in [3.05, 3.63) is 29.8 Å². The second-order valence-corrected chi connectivity index (χ2v) is 6.90. The standard InChI is InChI=1S/C19H24N2O6/c1-26-15-4-2-13(3-5-15)10-21-11-14(8-17(21)22)19(25)20-6-7-27-16(12-20)9-18(23)24/h2-5,14,16H,6-12H2,1H3,(H,23,24)/t14-,16-/m0/s1. The van der Waals surface area contributed by atoms with Gasteiger partial charge in [0.2, 0.25) is 11.8 Å². The number of nitrogens with zero attached hydrogens (tertiary/aromatic N) is 2. The number of amides is 2. The fourth-order valence-electron chi connectivity index (χ4n) is 3.54. The van der Waals surface area contributed by atoms with Gasteiger partial charge in [-0.15, -0.1) is 0 Å². The van der Waals surface area contributed by atoms with Crippen LogP contribution in [0.4, 0.5) is 0 Å². The molecule has 0 aromatic heterocycles. The average Bonchev–Trinajstić information content (AvgIpc) is 3.02. The number of hydrogen-bond acceptors (Lipinski definition) is 5. The molecule has 1 N–H and O–H groups in total. The highest BCUT2D eigenvalue weighted by Crippen LogP contribution is 2.24. The Balaban J connectivity index is 1.57. The van der Waals surface area contributed by atoms with E-state index in [0.29, 0.717) is 26.2 Å². The van der Waals surface area contributed by atoms with Crippen molar-refractivity contribution in [1.29, 1.82) is 0 Å². The third-order valence-electron chi connectivity index (χ3n) is 4.95. The number of likely N-dealkylation sites (tertiary alicyclic amines) is 1. The molecule has 0 bridgehead atoms. The Kier molecular flexibility index (Phi) is 5.95. The summed E-state index contributed by atoms with van der Waals surface area (Å²) >= 11 is 0. The first-order valence-corrected chi connectivity index (χ1v) is 8.99. The fraction of sp³-hybridized carbons (Fsp3) is 0.526. The van der Waals surface area contributed by atoms with Gasteiger partial charge in [0.1, 0.15) is 5.75 Å². The number of morpholine rings is 1. The van der Waals surface area contributed by atoms with Gasteiger partial charge >= 0.3 is 5.97 Å². The van der Waals surface area contributed by atoms with Gasteiger partial charge in [-0.25, -0.2) is 0 Å². The third-order valence-corrected chi connectivity index (χ3v) is 4.95. The maximum atomic E-state index is 12.8. The minimum atomic E-state index is -0.948. The molecular formula is C19H24N2O6. The number of carbonyl (C=O) groups excluding carboxylic acids is 2. The van der Waals surface area contributed by atoms with Crippen LogP contribution in [0.2, 0.25) is 0 Å². The monoisotopic (exact) mass is 376 g/mol. The number of aliphatic carboxylic acids is 1. The summed E-state index contributed by atoms with van der Waals surface area (Å²) in [5.41, 5.74) is 0.977. The normalized spacial score (nSPS) is 22.8. The minimum Gasteiger partial charge on any atom is -0.497 e. The van der Waals surface area contributed by atoms with Crippen LogP contribution in [-0.4, -0.2) is 72.1 Å². The minimum absolute atomic E-state index is 0.0421.